The van der Waals surface area contributed by atoms with Crippen molar-refractivity contribution in [3.8, 4) is 5.69 Å². The summed E-state index contributed by atoms with van der Waals surface area (Å²) >= 11 is 3.05. The van der Waals surface area contributed by atoms with Crippen LogP contribution in [0.3, 0.4) is 0 Å². The van der Waals surface area contributed by atoms with Gasteiger partial charge in [0.15, 0.2) is 0 Å². The Kier molecular flexibility index (Phi) is 9.03. The van der Waals surface area contributed by atoms with Crippen molar-refractivity contribution in [2.75, 3.05) is 4.90 Å². The van der Waals surface area contributed by atoms with E-state index in [-0.39, 0.29) is 21.2 Å². The molecule has 0 spiro atoms. The van der Waals surface area contributed by atoms with Gasteiger partial charge in [0, 0.05) is 35.2 Å². The Labute approximate surface area is 259 Å². The predicted octanol–water partition coefficient (Wildman–Crippen LogP) is 3.04. The van der Waals surface area contributed by atoms with Crippen LogP contribution in [0.25, 0.3) is 22.0 Å². The second kappa shape index (κ2) is 12.9. The number of thioether (sulfide) groups is 1. The van der Waals surface area contributed by atoms with Crippen LogP contribution >= 0.6 is 23.1 Å². The first-order valence-corrected chi connectivity index (χ1v) is 15.4. The molecule has 0 bridgehead atoms. The van der Waals surface area contributed by atoms with Crippen molar-refractivity contribution >= 4 is 62.1 Å². The van der Waals surface area contributed by atoms with Gasteiger partial charge in [0.25, 0.3) is 16.4 Å². The first-order chi connectivity index (χ1) is 21.0. The normalized spacial score (nSPS) is 13.6. The Morgan fingerprint density at radius 3 is 2.00 bits per heavy atom. The van der Waals surface area contributed by atoms with Crippen LogP contribution in [0.4, 0.5) is 22.7 Å². The Hall–Kier alpha value is -4.67. The molecule has 0 aliphatic carbocycles. The van der Waals surface area contributed by atoms with E-state index in [0.29, 0.717) is 11.4 Å². The molecule has 44 heavy (non-hydrogen) atoms. The number of thiazole rings is 1. The Morgan fingerprint density at radius 2 is 1.30 bits per heavy atom. The van der Waals surface area contributed by atoms with Gasteiger partial charge in [-0.25, -0.2) is 18.6 Å². The molecule has 0 unspecified atom stereocenters. The first-order valence-electron chi connectivity index (χ1n) is 12.5. The molecule has 1 aliphatic heterocycles. The summed E-state index contributed by atoms with van der Waals surface area (Å²) in [5.74, 6) is 0. The molecule has 0 saturated carbocycles. The summed E-state index contributed by atoms with van der Waals surface area (Å²) in [6.45, 7) is 0. The zero-order valence-electron chi connectivity index (χ0n) is 22.2. The van der Waals surface area contributed by atoms with Gasteiger partial charge in [0.05, 0.1) is 20.6 Å². The monoisotopic (exact) mass is 650 g/mol. The van der Waals surface area contributed by atoms with Crippen molar-refractivity contribution in [2.45, 2.75) is 4.90 Å². The molecule has 4 aromatic carbocycles. The fourth-order valence-electron chi connectivity index (χ4n) is 4.55. The number of halogens is 1. The van der Waals surface area contributed by atoms with E-state index in [9.17, 15) is 20.2 Å². The van der Waals surface area contributed by atoms with Crippen molar-refractivity contribution in [1.82, 2.24) is 0 Å². The van der Waals surface area contributed by atoms with Crippen LogP contribution in [-0.4, -0.2) is 9.85 Å². The van der Waals surface area contributed by atoms with Gasteiger partial charge in [0.2, 0.25) is 5.52 Å². The molecule has 6 rings (SSSR count). The van der Waals surface area contributed by atoms with E-state index in [0.717, 1.165) is 30.8 Å². The van der Waals surface area contributed by atoms with E-state index in [1.807, 2.05) is 76.2 Å². The minimum absolute atomic E-state index is 0.0171. The number of anilines is 2. The highest BCUT2D eigenvalue weighted by molar-refractivity contribution is 8.03. The molecular weight excluding hydrogens is 632 g/mol. The van der Waals surface area contributed by atoms with E-state index in [2.05, 4.69) is 0 Å². The molecule has 12 nitrogen and oxygen atoms in total. The van der Waals surface area contributed by atoms with E-state index >= 15 is 0 Å². The first kappa shape index (κ1) is 30.8. The third kappa shape index (κ3) is 6.77. The van der Waals surface area contributed by atoms with Crippen LogP contribution in [0.5, 0.6) is 0 Å². The third-order valence-electron chi connectivity index (χ3n) is 6.20. The van der Waals surface area contributed by atoms with Gasteiger partial charge in [-0.2, -0.15) is 0 Å². The quantitative estimate of drug-likeness (QED) is 0.150. The average Bonchev–Trinajstić information content (AvgIpc) is 3.54. The van der Waals surface area contributed by atoms with Crippen molar-refractivity contribution < 1.29 is 43.3 Å². The lowest BCUT2D eigenvalue weighted by atomic mass is 10.2. The van der Waals surface area contributed by atoms with Crippen molar-refractivity contribution in [1.29, 1.82) is 0 Å². The van der Waals surface area contributed by atoms with Gasteiger partial charge in [0.1, 0.15) is 10.4 Å². The third-order valence-corrected chi connectivity index (χ3v) is 8.38. The van der Waals surface area contributed by atoms with Crippen LogP contribution in [0.1, 0.15) is 5.01 Å². The highest BCUT2D eigenvalue weighted by Gasteiger charge is 2.31. The number of rotatable bonds is 6. The van der Waals surface area contributed by atoms with Crippen molar-refractivity contribution in [2.24, 2.45) is 0 Å². The van der Waals surface area contributed by atoms with E-state index < -0.39 is 10.2 Å². The van der Waals surface area contributed by atoms with Gasteiger partial charge < -0.3 is 0 Å². The molecule has 1 aromatic heterocycles. The van der Waals surface area contributed by atoms with Crippen LogP contribution in [0.2, 0.25) is 0 Å². The van der Waals surface area contributed by atoms with Crippen molar-refractivity contribution in [3.05, 3.63) is 139 Å². The van der Waals surface area contributed by atoms with E-state index in [1.54, 1.807) is 36.4 Å². The fraction of sp³-hybridized carbons (Fsp3) is 0. The molecule has 0 atom stereocenters. The Morgan fingerprint density at radius 1 is 0.727 bits per heavy atom. The molecule has 5 aromatic rings. The molecule has 222 valence electrons. The summed E-state index contributed by atoms with van der Waals surface area (Å²) in [4.78, 5) is 25.8. The molecule has 15 heteroatoms. The minimum atomic E-state index is -4.94. The molecule has 0 fully saturated rings. The topological polar surface area (TPSA) is 186 Å². The summed E-state index contributed by atoms with van der Waals surface area (Å²) in [5, 5.41) is 25.2. The molecule has 1 aliphatic rings. The van der Waals surface area contributed by atoms with Crippen LogP contribution in [0.15, 0.2) is 119 Å². The lowest BCUT2D eigenvalue weighted by molar-refractivity contribution is -2.00. The Balaban J connectivity index is 0.000000712. The van der Waals surface area contributed by atoms with Gasteiger partial charge in [-0.15, -0.1) is 14.8 Å². The summed E-state index contributed by atoms with van der Waals surface area (Å²) in [6.07, 6.45) is 5.71. The maximum absolute atomic E-state index is 11.8. The Bertz CT molecular complexity index is 1930. The molecular formula is C29H19ClN4O8S2. The number of hydrogen-bond acceptors (Lipinski definition) is 11. The summed E-state index contributed by atoms with van der Waals surface area (Å²) in [6, 6.07) is 28.9. The molecule has 0 N–H and O–H groups in total. The number of nitrogens with zero attached hydrogens (tertiary/aromatic N) is 4. The zero-order chi connectivity index (χ0) is 31.4. The number of fused-ring (bicyclic) bond motifs is 2. The van der Waals surface area contributed by atoms with Gasteiger partial charge >= 0.3 is 5.69 Å². The standard InChI is InChI=1S/C29H19N4O4S2.ClHO4/c34-32(35)22-12-3-1-10-20(22)30-24-14-5-7-16-26(24)38-28(30)18-9-19-29-31(25-15-6-8-17-27(25)39-29)21-11-2-4-13-23(21)33(36)37;2-1(3,4)5/h1-19H;(H,2,3,4,5)/q+1;/p-1. The molecule has 0 radical (unpaired) electrons. The molecule has 0 saturated heterocycles. The highest BCUT2D eigenvalue weighted by atomic mass is 35.7. The number of allylic oxidation sites excluding steroid dienone is 2. The van der Waals surface area contributed by atoms with Gasteiger partial charge in [-0.05, 0) is 30.3 Å². The lowest BCUT2D eigenvalue weighted by Gasteiger charge is -2.20. The average molecular weight is 651 g/mol. The smallest absolute Gasteiger partial charge is 0.297 e. The largest absolute Gasteiger partial charge is 0.340 e. The van der Waals surface area contributed by atoms with Crippen LogP contribution in [0, 0.1) is 30.5 Å². The number of benzene rings is 4. The van der Waals surface area contributed by atoms with E-state index in [1.165, 1.54) is 35.2 Å². The second-order valence-corrected chi connectivity index (χ2v) is 11.8. The molecule has 0 amide bonds. The summed E-state index contributed by atoms with van der Waals surface area (Å²) in [7, 11) is -4.94. The van der Waals surface area contributed by atoms with Crippen LogP contribution in [-0.2, 0) is 0 Å². The predicted molar refractivity (Wildman–Crippen MR) is 155 cm³/mol. The fourth-order valence-corrected chi connectivity index (χ4v) is 6.69. The van der Waals surface area contributed by atoms with E-state index in [4.69, 9.17) is 18.6 Å². The summed E-state index contributed by atoms with van der Waals surface area (Å²) < 4.78 is 36.9. The SMILES string of the molecule is O=[N+]([O-])c1ccccc1N1C(=CC=Cc2sc3ccccc3[n+]2-c2ccccc2[N+](=O)[O-])Sc2ccccc21.[O-][Cl+3]([O-])([O-])[O-]. The maximum Gasteiger partial charge on any atom is 0.340 e. The van der Waals surface area contributed by atoms with Gasteiger partial charge in [-0.3, -0.25) is 25.1 Å². The van der Waals surface area contributed by atoms with Crippen LogP contribution < -0.4 is 28.1 Å². The number of aromatic nitrogens is 1. The molecule has 2 heterocycles. The second-order valence-electron chi connectivity index (χ2n) is 8.88. The maximum atomic E-state index is 11.8. The summed E-state index contributed by atoms with van der Waals surface area (Å²) in [5.41, 5.74) is 2.74. The number of hydrogen-bond donors (Lipinski definition) is 0. The van der Waals surface area contributed by atoms with Gasteiger partial charge in [-0.1, -0.05) is 77.7 Å². The highest BCUT2D eigenvalue weighted by Crippen LogP contribution is 2.51. The minimum Gasteiger partial charge on any atom is -0.297 e. The van der Waals surface area contributed by atoms with Crippen molar-refractivity contribution in [3.63, 3.8) is 0 Å². The number of nitro groups is 2. The number of nitro benzene ring substituents is 2. The lowest BCUT2D eigenvalue weighted by Crippen LogP contribution is -2.68. The number of para-hydroxylation sites is 6. The zero-order valence-corrected chi connectivity index (χ0v) is 24.6.